The van der Waals surface area contributed by atoms with E-state index in [0.717, 1.165) is 24.8 Å². The number of unbranched alkanes of at least 4 members (excludes halogenated alkanes) is 4. The Kier molecular flexibility index (Phi) is 10.0. The normalized spacial score (nSPS) is 18.7. The van der Waals surface area contributed by atoms with Gasteiger partial charge in [0.05, 0.1) is 17.7 Å². The summed E-state index contributed by atoms with van der Waals surface area (Å²) in [6.45, 7) is 10.6. The number of amides is 2. The number of benzene rings is 1. The zero-order valence-corrected chi connectivity index (χ0v) is 20.1. The number of imide groups is 1. The van der Waals surface area contributed by atoms with Crippen molar-refractivity contribution in [1.29, 1.82) is 0 Å². The summed E-state index contributed by atoms with van der Waals surface area (Å²) in [6, 6.07) is 9.72. The number of hydrogen-bond acceptors (Lipinski definition) is 4. The van der Waals surface area contributed by atoms with Gasteiger partial charge in [0.2, 0.25) is 5.91 Å². The maximum atomic E-state index is 13.5. The lowest BCUT2D eigenvalue weighted by atomic mass is 9.92. The van der Waals surface area contributed by atoms with Crippen LogP contribution in [-0.4, -0.2) is 41.3 Å². The lowest BCUT2D eigenvalue weighted by Crippen LogP contribution is -2.44. The first-order valence-corrected chi connectivity index (χ1v) is 11.9. The van der Waals surface area contributed by atoms with Crippen LogP contribution in [0.3, 0.4) is 0 Å². The van der Waals surface area contributed by atoms with Gasteiger partial charge in [-0.05, 0) is 52.5 Å². The van der Waals surface area contributed by atoms with E-state index in [-0.39, 0.29) is 36.2 Å². The molecular formula is C26H41NO4. The average molecular weight is 432 g/mol. The SMILES string of the molecule is CCCCCCCC(CC(C)OC(C)(C)C)C(=O)N1C(=O)OCC1Cc1ccccc1. The maximum Gasteiger partial charge on any atom is 0.416 e. The van der Waals surface area contributed by atoms with Crippen molar-refractivity contribution in [2.45, 2.75) is 104 Å². The van der Waals surface area contributed by atoms with Gasteiger partial charge in [0.25, 0.3) is 0 Å². The summed E-state index contributed by atoms with van der Waals surface area (Å²) in [5, 5.41) is 0. The molecule has 1 aromatic carbocycles. The quantitative estimate of drug-likeness (QED) is 0.373. The molecule has 2 rings (SSSR count). The summed E-state index contributed by atoms with van der Waals surface area (Å²) in [7, 11) is 0. The second-order valence-electron chi connectivity index (χ2n) is 9.81. The van der Waals surface area contributed by atoms with Gasteiger partial charge < -0.3 is 9.47 Å². The van der Waals surface area contributed by atoms with E-state index in [2.05, 4.69) is 6.92 Å². The third-order valence-electron chi connectivity index (χ3n) is 5.69. The van der Waals surface area contributed by atoms with Crippen molar-refractivity contribution < 1.29 is 19.1 Å². The van der Waals surface area contributed by atoms with Crippen molar-refractivity contribution in [3.8, 4) is 0 Å². The van der Waals surface area contributed by atoms with Crippen molar-refractivity contribution >= 4 is 12.0 Å². The number of carbonyl (C=O) groups excluding carboxylic acids is 2. The van der Waals surface area contributed by atoms with Gasteiger partial charge in [-0.15, -0.1) is 0 Å². The van der Waals surface area contributed by atoms with E-state index in [1.54, 1.807) is 0 Å². The molecule has 2 amide bonds. The number of cyclic esters (lactones) is 1. The molecule has 0 N–H and O–H groups in total. The smallest absolute Gasteiger partial charge is 0.416 e. The monoisotopic (exact) mass is 431 g/mol. The fraction of sp³-hybridized carbons (Fsp3) is 0.692. The lowest BCUT2D eigenvalue weighted by molar-refractivity contribution is -0.136. The van der Waals surface area contributed by atoms with E-state index in [9.17, 15) is 9.59 Å². The molecule has 5 heteroatoms. The van der Waals surface area contributed by atoms with Gasteiger partial charge in [-0.1, -0.05) is 69.4 Å². The Hall–Kier alpha value is -1.88. The third-order valence-corrected chi connectivity index (χ3v) is 5.69. The van der Waals surface area contributed by atoms with Gasteiger partial charge >= 0.3 is 6.09 Å². The van der Waals surface area contributed by atoms with Crippen LogP contribution in [0, 0.1) is 5.92 Å². The second-order valence-corrected chi connectivity index (χ2v) is 9.81. The fourth-order valence-electron chi connectivity index (χ4n) is 4.35. The molecule has 1 aliphatic rings. The number of carbonyl (C=O) groups is 2. The number of hydrogen-bond donors (Lipinski definition) is 0. The van der Waals surface area contributed by atoms with E-state index in [1.165, 1.54) is 24.2 Å². The van der Waals surface area contributed by atoms with Gasteiger partial charge in [-0.3, -0.25) is 4.79 Å². The molecule has 174 valence electrons. The van der Waals surface area contributed by atoms with Crippen LogP contribution in [0.25, 0.3) is 0 Å². The number of rotatable bonds is 12. The zero-order valence-electron chi connectivity index (χ0n) is 20.1. The van der Waals surface area contributed by atoms with E-state index in [4.69, 9.17) is 9.47 Å². The predicted octanol–water partition coefficient (Wildman–Crippen LogP) is 6.15. The van der Waals surface area contributed by atoms with Crippen LogP contribution in [0.2, 0.25) is 0 Å². The van der Waals surface area contributed by atoms with Gasteiger partial charge in [0.15, 0.2) is 0 Å². The van der Waals surface area contributed by atoms with E-state index in [1.807, 2.05) is 58.0 Å². The molecule has 31 heavy (non-hydrogen) atoms. The van der Waals surface area contributed by atoms with Crippen LogP contribution in [-0.2, 0) is 20.7 Å². The van der Waals surface area contributed by atoms with Crippen LogP contribution in [0.15, 0.2) is 30.3 Å². The molecule has 0 aromatic heterocycles. The molecule has 1 aliphatic heterocycles. The molecule has 1 saturated heterocycles. The summed E-state index contributed by atoms with van der Waals surface area (Å²) in [4.78, 5) is 27.4. The minimum atomic E-state index is -0.508. The first-order chi connectivity index (χ1) is 14.7. The molecule has 0 saturated carbocycles. The Bertz CT molecular complexity index is 682. The van der Waals surface area contributed by atoms with Crippen LogP contribution in [0.5, 0.6) is 0 Å². The molecular weight excluding hydrogens is 390 g/mol. The summed E-state index contributed by atoms with van der Waals surface area (Å²) < 4.78 is 11.4. The van der Waals surface area contributed by atoms with E-state index in [0.29, 0.717) is 12.8 Å². The van der Waals surface area contributed by atoms with Gasteiger partial charge in [-0.2, -0.15) is 0 Å². The number of nitrogens with zero attached hydrogens (tertiary/aromatic N) is 1. The van der Waals surface area contributed by atoms with Gasteiger partial charge in [0, 0.05) is 5.92 Å². The zero-order chi connectivity index (χ0) is 22.9. The number of ether oxygens (including phenoxy) is 2. The fourth-order valence-corrected chi connectivity index (χ4v) is 4.35. The van der Waals surface area contributed by atoms with E-state index < -0.39 is 6.09 Å². The summed E-state index contributed by atoms with van der Waals surface area (Å²) in [6.07, 6.45) is 7.16. The molecule has 3 atom stereocenters. The standard InChI is InChI=1S/C26H41NO4/c1-6-7-8-9-13-16-22(17-20(2)31-26(3,4)5)24(28)27-23(19-30-25(27)29)18-21-14-11-10-12-15-21/h10-12,14-15,20,22-23H,6-9,13,16-19H2,1-5H3. The van der Waals surface area contributed by atoms with Crippen LogP contribution in [0.1, 0.15) is 85.1 Å². The molecule has 1 heterocycles. The molecule has 1 fully saturated rings. The summed E-state index contributed by atoms with van der Waals surface area (Å²) >= 11 is 0. The Morgan fingerprint density at radius 2 is 1.84 bits per heavy atom. The minimum absolute atomic E-state index is 0.0595. The predicted molar refractivity (Wildman–Crippen MR) is 124 cm³/mol. The molecule has 0 aliphatic carbocycles. The Labute approximate surface area is 188 Å². The highest BCUT2D eigenvalue weighted by molar-refractivity contribution is 5.94. The van der Waals surface area contributed by atoms with Crippen molar-refractivity contribution in [3.63, 3.8) is 0 Å². The van der Waals surface area contributed by atoms with Gasteiger partial charge in [0.1, 0.15) is 6.61 Å². The molecule has 0 radical (unpaired) electrons. The molecule has 5 nitrogen and oxygen atoms in total. The second kappa shape index (κ2) is 12.2. The topological polar surface area (TPSA) is 55.8 Å². The largest absolute Gasteiger partial charge is 0.447 e. The Morgan fingerprint density at radius 1 is 1.16 bits per heavy atom. The molecule has 0 spiro atoms. The van der Waals surface area contributed by atoms with Crippen molar-refractivity contribution in [3.05, 3.63) is 35.9 Å². The highest BCUT2D eigenvalue weighted by atomic mass is 16.6. The van der Waals surface area contributed by atoms with Crippen molar-refractivity contribution in [1.82, 2.24) is 4.90 Å². The Balaban J connectivity index is 2.09. The molecule has 0 bridgehead atoms. The van der Waals surface area contributed by atoms with Crippen LogP contribution >= 0.6 is 0 Å². The molecule has 1 aromatic rings. The van der Waals surface area contributed by atoms with Crippen molar-refractivity contribution in [2.24, 2.45) is 5.92 Å². The van der Waals surface area contributed by atoms with Crippen LogP contribution < -0.4 is 0 Å². The highest BCUT2D eigenvalue weighted by Crippen LogP contribution is 2.27. The van der Waals surface area contributed by atoms with Crippen LogP contribution in [0.4, 0.5) is 4.79 Å². The Morgan fingerprint density at radius 3 is 2.48 bits per heavy atom. The highest BCUT2D eigenvalue weighted by Gasteiger charge is 2.41. The van der Waals surface area contributed by atoms with Crippen molar-refractivity contribution in [2.75, 3.05) is 6.61 Å². The van der Waals surface area contributed by atoms with Gasteiger partial charge in [-0.25, -0.2) is 9.69 Å². The molecule has 3 unspecified atom stereocenters. The third kappa shape index (κ3) is 8.64. The summed E-state index contributed by atoms with van der Waals surface area (Å²) in [5.41, 5.74) is 0.834. The summed E-state index contributed by atoms with van der Waals surface area (Å²) in [5.74, 6) is -0.341. The average Bonchev–Trinajstić information content (AvgIpc) is 3.05. The maximum absolute atomic E-state index is 13.5. The van der Waals surface area contributed by atoms with E-state index >= 15 is 0 Å². The minimum Gasteiger partial charge on any atom is -0.447 e. The first kappa shape index (κ1) is 25.4. The lowest BCUT2D eigenvalue weighted by Gasteiger charge is -2.30. The first-order valence-electron chi connectivity index (χ1n) is 11.9.